The first-order chi connectivity index (χ1) is 12.8. The zero-order chi connectivity index (χ0) is 19.5. The lowest BCUT2D eigenvalue weighted by Crippen LogP contribution is -2.54. The van der Waals surface area contributed by atoms with Crippen molar-refractivity contribution in [3.8, 4) is 0 Å². The molecular formula is C22H33NO4. The normalized spacial score (nSPS) is 27.6. The number of ether oxygens (including phenoxy) is 2. The summed E-state index contributed by atoms with van der Waals surface area (Å²) in [5.74, 6) is 0. The van der Waals surface area contributed by atoms with E-state index in [1.165, 1.54) is 5.56 Å². The van der Waals surface area contributed by atoms with Crippen molar-refractivity contribution in [2.45, 2.75) is 89.2 Å². The molecule has 2 unspecified atom stereocenters. The van der Waals surface area contributed by atoms with Crippen LogP contribution < -0.4 is 0 Å². The Balaban J connectivity index is 1.44. The minimum Gasteiger partial charge on any atom is -0.444 e. The summed E-state index contributed by atoms with van der Waals surface area (Å²) in [5.41, 5.74) is -0.0131. The van der Waals surface area contributed by atoms with Crippen LogP contribution in [0.3, 0.4) is 0 Å². The summed E-state index contributed by atoms with van der Waals surface area (Å²) in [6.07, 6.45) is 4.51. The summed E-state index contributed by atoms with van der Waals surface area (Å²) in [5, 5.41) is 11.1. The van der Waals surface area contributed by atoms with Crippen LogP contribution in [0.15, 0.2) is 30.3 Å². The molecule has 5 nitrogen and oxygen atoms in total. The molecule has 150 valence electrons. The second kappa shape index (κ2) is 8.19. The highest BCUT2D eigenvalue weighted by Gasteiger charge is 2.50. The third-order valence-electron chi connectivity index (χ3n) is 5.50. The molecule has 2 aliphatic heterocycles. The van der Waals surface area contributed by atoms with Crippen molar-refractivity contribution in [2.75, 3.05) is 6.61 Å². The van der Waals surface area contributed by atoms with E-state index in [0.29, 0.717) is 26.1 Å². The van der Waals surface area contributed by atoms with Gasteiger partial charge in [-0.2, -0.15) is 0 Å². The first-order valence-electron chi connectivity index (χ1n) is 10.1. The molecule has 2 aliphatic rings. The van der Waals surface area contributed by atoms with Crippen molar-refractivity contribution in [3.05, 3.63) is 35.9 Å². The molecule has 2 heterocycles. The minimum atomic E-state index is -0.694. The third-order valence-corrected chi connectivity index (χ3v) is 5.50. The van der Waals surface area contributed by atoms with Gasteiger partial charge in [0.2, 0.25) is 0 Å². The van der Waals surface area contributed by atoms with Gasteiger partial charge >= 0.3 is 6.09 Å². The van der Waals surface area contributed by atoms with Crippen LogP contribution >= 0.6 is 0 Å². The van der Waals surface area contributed by atoms with Gasteiger partial charge < -0.3 is 19.5 Å². The molecule has 5 heteroatoms. The minimum absolute atomic E-state index is 0.0915. The topological polar surface area (TPSA) is 59.0 Å². The predicted octanol–water partition coefficient (Wildman–Crippen LogP) is 4.28. The average molecular weight is 376 g/mol. The Kier molecular flexibility index (Phi) is 6.11. The number of amides is 1. The molecular weight excluding hydrogens is 342 g/mol. The Morgan fingerprint density at radius 3 is 2.41 bits per heavy atom. The van der Waals surface area contributed by atoms with Gasteiger partial charge in [-0.15, -0.1) is 0 Å². The van der Waals surface area contributed by atoms with E-state index in [9.17, 15) is 9.90 Å². The molecule has 1 aromatic carbocycles. The number of fused-ring (bicyclic) bond motifs is 2. The molecule has 0 spiro atoms. The second-order valence-corrected chi connectivity index (χ2v) is 9.05. The molecule has 1 aromatic rings. The number of carbonyl (C=O) groups excluding carboxylic acids is 1. The number of rotatable bonds is 6. The number of aliphatic hydroxyl groups is 1. The lowest BCUT2D eigenvalue weighted by molar-refractivity contribution is -0.0662. The standard InChI is InChI=1S/C22H33NO4/c1-21(2,3)27-20(24)23-18-10-11-19(23)15-22(25,14-18)12-7-13-26-16-17-8-5-4-6-9-17/h4-6,8-9,18-19,25H,7,10-16H2,1-3H3. The maximum atomic E-state index is 12.5. The molecule has 0 aromatic heterocycles. The van der Waals surface area contributed by atoms with Gasteiger partial charge in [0.25, 0.3) is 0 Å². The average Bonchev–Trinajstić information content (AvgIpc) is 2.87. The Bertz CT molecular complexity index is 611. The van der Waals surface area contributed by atoms with Crippen LogP contribution in [-0.4, -0.2) is 46.0 Å². The van der Waals surface area contributed by atoms with Crippen molar-refractivity contribution in [2.24, 2.45) is 0 Å². The Morgan fingerprint density at radius 2 is 1.81 bits per heavy atom. The molecule has 0 saturated carbocycles. The van der Waals surface area contributed by atoms with Gasteiger partial charge in [-0.25, -0.2) is 4.79 Å². The summed E-state index contributed by atoms with van der Waals surface area (Å²) in [6.45, 7) is 6.92. The van der Waals surface area contributed by atoms with E-state index in [1.54, 1.807) is 0 Å². The Morgan fingerprint density at radius 1 is 1.19 bits per heavy atom. The maximum Gasteiger partial charge on any atom is 0.410 e. The van der Waals surface area contributed by atoms with Crippen molar-refractivity contribution in [1.29, 1.82) is 0 Å². The van der Waals surface area contributed by atoms with Gasteiger partial charge in [0.1, 0.15) is 5.60 Å². The smallest absolute Gasteiger partial charge is 0.410 e. The number of benzene rings is 1. The van der Waals surface area contributed by atoms with Gasteiger partial charge in [0.15, 0.2) is 0 Å². The lowest BCUT2D eigenvalue weighted by atomic mass is 9.83. The number of piperidine rings is 1. The summed E-state index contributed by atoms with van der Waals surface area (Å²) in [7, 11) is 0. The van der Waals surface area contributed by atoms with Crippen LogP contribution in [0, 0.1) is 0 Å². The number of hydrogen-bond acceptors (Lipinski definition) is 4. The summed E-state index contributed by atoms with van der Waals surface area (Å²) >= 11 is 0. The van der Waals surface area contributed by atoms with Crippen molar-refractivity contribution < 1.29 is 19.4 Å². The highest BCUT2D eigenvalue weighted by Crippen LogP contribution is 2.43. The number of nitrogens with zero attached hydrogens (tertiary/aromatic N) is 1. The van der Waals surface area contributed by atoms with Crippen LogP contribution in [-0.2, 0) is 16.1 Å². The lowest BCUT2D eigenvalue weighted by Gasteiger charge is -2.44. The fraction of sp³-hybridized carbons (Fsp3) is 0.682. The molecule has 3 rings (SSSR count). The van der Waals surface area contributed by atoms with Crippen LogP contribution in [0.25, 0.3) is 0 Å². The van der Waals surface area contributed by atoms with Gasteiger partial charge in [-0.3, -0.25) is 0 Å². The molecule has 2 saturated heterocycles. The van der Waals surface area contributed by atoms with Crippen molar-refractivity contribution >= 4 is 6.09 Å². The highest BCUT2D eigenvalue weighted by molar-refractivity contribution is 5.69. The Hall–Kier alpha value is -1.59. The van der Waals surface area contributed by atoms with E-state index in [4.69, 9.17) is 9.47 Å². The fourth-order valence-electron chi connectivity index (χ4n) is 4.41. The molecule has 0 aliphatic carbocycles. The first-order valence-corrected chi connectivity index (χ1v) is 10.1. The van der Waals surface area contributed by atoms with E-state index in [0.717, 1.165) is 25.7 Å². The fourth-order valence-corrected chi connectivity index (χ4v) is 4.41. The predicted molar refractivity (Wildman–Crippen MR) is 104 cm³/mol. The summed E-state index contributed by atoms with van der Waals surface area (Å²) < 4.78 is 11.3. The van der Waals surface area contributed by atoms with Crippen LogP contribution in [0.4, 0.5) is 4.79 Å². The largest absolute Gasteiger partial charge is 0.444 e. The van der Waals surface area contributed by atoms with E-state index in [-0.39, 0.29) is 18.2 Å². The van der Waals surface area contributed by atoms with E-state index in [2.05, 4.69) is 12.1 Å². The van der Waals surface area contributed by atoms with Gasteiger partial charge in [-0.05, 0) is 64.9 Å². The van der Waals surface area contributed by atoms with Gasteiger partial charge in [0.05, 0.1) is 12.2 Å². The van der Waals surface area contributed by atoms with Crippen LogP contribution in [0.5, 0.6) is 0 Å². The number of hydrogen-bond donors (Lipinski definition) is 1. The second-order valence-electron chi connectivity index (χ2n) is 9.05. The zero-order valence-electron chi connectivity index (χ0n) is 16.8. The summed E-state index contributed by atoms with van der Waals surface area (Å²) in [6, 6.07) is 10.3. The van der Waals surface area contributed by atoms with Crippen molar-refractivity contribution in [3.63, 3.8) is 0 Å². The molecule has 2 bridgehead atoms. The molecule has 0 radical (unpaired) electrons. The third kappa shape index (κ3) is 5.45. The zero-order valence-corrected chi connectivity index (χ0v) is 16.8. The van der Waals surface area contributed by atoms with Crippen molar-refractivity contribution in [1.82, 2.24) is 4.90 Å². The molecule has 2 fully saturated rings. The quantitative estimate of drug-likeness (QED) is 0.754. The molecule has 1 amide bonds. The van der Waals surface area contributed by atoms with Crippen LogP contribution in [0.1, 0.15) is 64.9 Å². The highest BCUT2D eigenvalue weighted by atomic mass is 16.6. The summed E-state index contributed by atoms with van der Waals surface area (Å²) in [4.78, 5) is 14.4. The monoisotopic (exact) mass is 375 g/mol. The van der Waals surface area contributed by atoms with Crippen LogP contribution in [0.2, 0.25) is 0 Å². The van der Waals surface area contributed by atoms with Gasteiger partial charge in [0, 0.05) is 18.7 Å². The molecule has 2 atom stereocenters. The first kappa shape index (κ1) is 20.2. The molecule has 1 N–H and O–H groups in total. The van der Waals surface area contributed by atoms with Gasteiger partial charge in [-0.1, -0.05) is 30.3 Å². The number of carbonyl (C=O) groups is 1. The van der Waals surface area contributed by atoms with E-state index >= 15 is 0 Å². The van der Waals surface area contributed by atoms with E-state index < -0.39 is 11.2 Å². The maximum absolute atomic E-state index is 12.5. The molecule has 27 heavy (non-hydrogen) atoms. The van der Waals surface area contributed by atoms with E-state index in [1.807, 2.05) is 43.9 Å². The Labute approximate surface area is 162 Å². The SMILES string of the molecule is CC(C)(C)OC(=O)N1C2CCC1CC(O)(CCCOCc1ccccc1)C2.